The number of fused-ring (bicyclic) bond motifs is 2. The Balaban J connectivity index is 0.000000248. The van der Waals surface area contributed by atoms with Gasteiger partial charge in [-0.1, -0.05) is 13.3 Å². The van der Waals surface area contributed by atoms with E-state index in [-0.39, 0.29) is 23.0 Å². The third-order valence-electron chi connectivity index (χ3n) is 6.71. The van der Waals surface area contributed by atoms with Gasteiger partial charge in [0, 0.05) is 30.2 Å². The number of halogens is 1. The molecule has 0 spiro atoms. The zero-order chi connectivity index (χ0) is 22.6. The summed E-state index contributed by atoms with van der Waals surface area (Å²) in [7, 11) is 1.93. The van der Waals surface area contributed by atoms with E-state index < -0.39 is 0 Å². The lowest BCUT2D eigenvalue weighted by Crippen LogP contribution is -2.51. The number of carbonyl (C=O) groups excluding carboxylic acids is 2. The van der Waals surface area contributed by atoms with Crippen LogP contribution in [0.5, 0.6) is 0 Å². The minimum absolute atomic E-state index is 0.0716. The van der Waals surface area contributed by atoms with Crippen molar-refractivity contribution in [3.8, 4) is 0 Å². The molecule has 2 saturated heterocycles. The number of ketones is 1. The van der Waals surface area contributed by atoms with Gasteiger partial charge in [-0.3, -0.25) is 14.5 Å². The summed E-state index contributed by atoms with van der Waals surface area (Å²) < 4.78 is 12.6. The normalized spacial score (nSPS) is 23.5. The number of amides is 1. The molecular formula is C25H39FN2O2. The lowest BCUT2D eigenvalue weighted by Gasteiger charge is -2.40. The number of hydrogen-bond acceptors (Lipinski definition) is 3. The number of rotatable bonds is 4. The fourth-order valence-electron chi connectivity index (χ4n) is 4.55. The molecule has 0 N–H and O–H groups in total. The van der Waals surface area contributed by atoms with E-state index in [1.54, 1.807) is 13.0 Å². The summed E-state index contributed by atoms with van der Waals surface area (Å²) in [5, 5.41) is 0. The van der Waals surface area contributed by atoms with Crippen molar-refractivity contribution in [3.05, 3.63) is 35.1 Å². The monoisotopic (exact) mass is 418 g/mol. The van der Waals surface area contributed by atoms with Crippen molar-refractivity contribution in [1.29, 1.82) is 0 Å². The Morgan fingerprint density at radius 3 is 2.13 bits per heavy atom. The maximum Gasteiger partial charge on any atom is 0.236 e. The van der Waals surface area contributed by atoms with Crippen molar-refractivity contribution in [2.75, 3.05) is 13.6 Å². The van der Waals surface area contributed by atoms with E-state index in [9.17, 15) is 14.0 Å². The zero-order valence-corrected chi connectivity index (χ0v) is 19.8. The summed E-state index contributed by atoms with van der Waals surface area (Å²) in [6, 6.07) is 5.65. The first kappa shape index (κ1) is 24.5. The second-order valence-electron chi connectivity index (χ2n) is 10.0. The van der Waals surface area contributed by atoms with Gasteiger partial charge < -0.3 is 4.90 Å². The molecule has 0 aliphatic carbocycles. The quantitative estimate of drug-likeness (QED) is 0.629. The number of likely N-dealkylation sites (N-methyl/N-ethyl adjacent to an activating group) is 1. The highest BCUT2D eigenvalue weighted by Crippen LogP contribution is 2.39. The third-order valence-corrected chi connectivity index (χ3v) is 6.71. The average molecular weight is 419 g/mol. The van der Waals surface area contributed by atoms with Crippen LogP contribution in [-0.4, -0.2) is 52.7 Å². The fraction of sp³-hybridized carbons (Fsp3) is 0.680. The molecule has 2 atom stereocenters. The first-order chi connectivity index (χ1) is 13.9. The number of hydrogen-bond donors (Lipinski definition) is 0. The average Bonchev–Trinajstić information content (AvgIpc) is 2.87. The highest BCUT2D eigenvalue weighted by molar-refractivity contribution is 5.94. The number of benzene rings is 1. The van der Waals surface area contributed by atoms with Crippen LogP contribution in [0.15, 0.2) is 18.2 Å². The van der Waals surface area contributed by atoms with Crippen LogP contribution in [-0.2, 0) is 4.79 Å². The van der Waals surface area contributed by atoms with E-state index in [1.165, 1.54) is 51.2 Å². The highest BCUT2D eigenvalue weighted by Gasteiger charge is 2.41. The van der Waals surface area contributed by atoms with Crippen molar-refractivity contribution < 1.29 is 14.0 Å². The summed E-state index contributed by atoms with van der Waals surface area (Å²) in [4.78, 5) is 27.6. The van der Waals surface area contributed by atoms with Crippen LogP contribution in [0.4, 0.5) is 4.39 Å². The van der Waals surface area contributed by atoms with Gasteiger partial charge in [0.25, 0.3) is 0 Å². The SMILES string of the molecule is CC(=O)c1cc(C)cc(F)c1.CCC1CC2CCC(C1)N2CC(=O)N(C)C(C)(C)C. The van der Waals surface area contributed by atoms with Crippen LogP contribution in [0.2, 0.25) is 0 Å². The zero-order valence-electron chi connectivity index (χ0n) is 19.8. The molecule has 30 heavy (non-hydrogen) atoms. The topological polar surface area (TPSA) is 40.6 Å². The fourth-order valence-corrected chi connectivity index (χ4v) is 4.55. The first-order valence-corrected chi connectivity index (χ1v) is 11.2. The van der Waals surface area contributed by atoms with E-state index in [1.807, 2.05) is 11.9 Å². The molecule has 0 radical (unpaired) electrons. The molecule has 1 aromatic carbocycles. The molecule has 2 unspecified atom stereocenters. The molecule has 168 valence electrons. The number of aryl methyl sites for hydroxylation is 1. The molecule has 2 heterocycles. The second kappa shape index (κ2) is 10.0. The molecular weight excluding hydrogens is 379 g/mol. The second-order valence-corrected chi connectivity index (χ2v) is 10.0. The van der Waals surface area contributed by atoms with Gasteiger partial charge in [0.15, 0.2) is 5.78 Å². The van der Waals surface area contributed by atoms with Gasteiger partial charge in [-0.25, -0.2) is 4.39 Å². The van der Waals surface area contributed by atoms with Gasteiger partial charge >= 0.3 is 0 Å². The maximum atomic E-state index is 12.6. The lowest BCUT2D eigenvalue weighted by molar-refractivity contribution is -0.136. The molecule has 0 aromatic heterocycles. The molecule has 3 rings (SSSR count). The number of piperidine rings is 1. The van der Waals surface area contributed by atoms with E-state index in [4.69, 9.17) is 0 Å². The molecule has 2 aliphatic rings. The summed E-state index contributed by atoms with van der Waals surface area (Å²) >= 11 is 0. The van der Waals surface area contributed by atoms with Crippen LogP contribution in [0.25, 0.3) is 0 Å². The standard InChI is InChI=1S/C16H30N2O.C9H9FO/c1-6-12-9-13-7-8-14(10-12)18(13)11-15(19)17(5)16(2,3)4;1-6-3-8(7(2)11)5-9(10)4-6/h12-14H,6-11H2,1-5H3;3-5H,1-2H3. The molecule has 5 heteroatoms. The molecule has 2 fully saturated rings. The van der Waals surface area contributed by atoms with Crippen molar-refractivity contribution in [2.45, 2.75) is 91.3 Å². The molecule has 2 aliphatic heterocycles. The molecule has 0 saturated carbocycles. The Morgan fingerprint density at radius 2 is 1.70 bits per heavy atom. The van der Waals surface area contributed by atoms with Crippen LogP contribution in [0.3, 0.4) is 0 Å². The minimum atomic E-state index is -0.352. The Bertz CT molecular complexity index is 722. The summed E-state index contributed by atoms with van der Waals surface area (Å²) in [5.74, 6) is 0.714. The van der Waals surface area contributed by atoms with Crippen LogP contribution in [0.1, 0.15) is 82.6 Å². The van der Waals surface area contributed by atoms with Gasteiger partial charge in [0.05, 0.1) is 6.54 Å². The van der Waals surface area contributed by atoms with E-state index in [0.29, 0.717) is 24.2 Å². The minimum Gasteiger partial charge on any atom is -0.340 e. The maximum absolute atomic E-state index is 12.6. The smallest absolute Gasteiger partial charge is 0.236 e. The third kappa shape index (κ3) is 6.37. The van der Waals surface area contributed by atoms with Crippen LogP contribution < -0.4 is 0 Å². The summed E-state index contributed by atoms with van der Waals surface area (Å²) in [6.45, 7) is 12.4. The Hall–Kier alpha value is -1.75. The predicted molar refractivity (Wildman–Crippen MR) is 120 cm³/mol. The Morgan fingerprint density at radius 1 is 1.13 bits per heavy atom. The van der Waals surface area contributed by atoms with Gasteiger partial charge in [0.1, 0.15) is 5.82 Å². The largest absolute Gasteiger partial charge is 0.340 e. The van der Waals surface area contributed by atoms with E-state index in [2.05, 4.69) is 32.6 Å². The van der Waals surface area contributed by atoms with Crippen LogP contribution in [0, 0.1) is 18.7 Å². The van der Waals surface area contributed by atoms with Crippen molar-refractivity contribution in [2.24, 2.45) is 5.92 Å². The summed E-state index contributed by atoms with van der Waals surface area (Å²) in [5.41, 5.74) is 1.13. The Kier molecular flexibility index (Phi) is 8.20. The van der Waals surface area contributed by atoms with Gasteiger partial charge in [0.2, 0.25) is 5.91 Å². The van der Waals surface area contributed by atoms with E-state index in [0.717, 1.165) is 11.5 Å². The summed E-state index contributed by atoms with van der Waals surface area (Å²) in [6.07, 6.45) is 6.51. The highest BCUT2D eigenvalue weighted by atomic mass is 19.1. The Labute approximate surface area is 181 Å². The first-order valence-electron chi connectivity index (χ1n) is 11.2. The van der Waals surface area contributed by atoms with Crippen molar-refractivity contribution >= 4 is 11.7 Å². The van der Waals surface area contributed by atoms with E-state index >= 15 is 0 Å². The van der Waals surface area contributed by atoms with Crippen molar-refractivity contribution in [1.82, 2.24) is 9.80 Å². The molecule has 4 nitrogen and oxygen atoms in total. The number of Topliss-reactive ketones (excluding diaryl/α,β-unsaturated/α-hetero) is 1. The molecule has 2 bridgehead atoms. The molecule has 1 aromatic rings. The number of nitrogens with zero attached hydrogens (tertiary/aromatic N) is 2. The number of carbonyl (C=O) groups is 2. The van der Waals surface area contributed by atoms with Gasteiger partial charge in [-0.05, 0) is 90.0 Å². The van der Waals surface area contributed by atoms with Gasteiger partial charge in [-0.15, -0.1) is 0 Å². The van der Waals surface area contributed by atoms with Gasteiger partial charge in [-0.2, -0.15) is 0 Å². The van der Waals surface area contributed by atoms with Crippen molar-refractivity contribution in [3.63, 3.8) is 0 Å². The van der Waals surface area contributed by atoms with Crippen LogP contribution >= 0.6 is 0 Å². The molecule has 1 amide bonds. The predicted octanol–water partition coefficient (Wildman–Crippen LogP) is 5.23. The lowest BCUT2D eigenvalue weighted by atomic mass is 9.89.